The maximum absolute atomic E-state index is 9.60. The van der Waals surface area contributed by atoms with Crippen molar-refractivity contribution in [1.29, 1.82) is 0 Å². The monoisotopic (exact) mass is 204 g/mol. The molecule has 0 radical (unpaired) electrons. The van der Waals surface area contributed by atoms with Crippen LogP contribution in [0.1, 0.15) is 5.56 Å². The van der Waals surface area contributed by atoms with Crippen LogP contribution in [0.2, 0.25) is 0 Å². The minimum absolute atomic E-state index is 0.103. The highest BCUT2D eigenvalue weighted by Crippen LogP contribution is 2.23. The summed E-state index contributed by atoms with van der Waals surface area (Å²) in [5, 5.41) is 12.4. The number of methoxy groups -OCH3 is 1. The molecule has 0 saturated heterocycles. The molecular formula is C11H12N2O2. The lowest BCUT2D eigenvalue weighted by molar-refractivity contribution is 0.373. The second kappa shape index (κ2) is 4.04. The van der Waals surface area contributed by atoms with Crippen molar-refractivity contribution >= 4 is 11.9 Å². The van der Waals surface area contributed by atoms with E-state index in [1.54, 1.807) is 13.3 Å². The van der Waals surface area contributed by atoms with Crippen molar-refractivity contribution in [2.45, 2.75) is 0 Å². The van der Waals surface area contributed by atoms with Crippen LogP contribution in [0, 0.1) is 0 Å². The molecule has 1 aromatic carbocycles. The zero-order chi connectivity index (χ0) is 10.7. The van der Waals surface area contributed by atoms with Crippen LogP contribution in [0.15, 0.2) is 35.1 Å². The molecule has 0 unspecified atom stereocenters. The van der Waals surface area contributed by atoms with Gasteiger partial charge in [0.25, 0.3) is 0 Å². The molecule has 4 heteroatoms. The fourth-order valence-electron chi connectivity index (χ4n) is 1.41. The number of aliphatic hydroxyl groups excluding tert-OH is 1. The zero-order valence-electron chi connectivity index (χ0n) is 8.40. The molecule has 0 spiro atoms. The SMILES string of the molecule is COc1cccc(C2=C(O)NCC=N2)c1. The summed E-state index contributed by atoms with van der Waals surface area (Å²) in [5.41, 5.74) is 1.37. The third-order valence-corrected chi connectivity index (χ3v) is 2.15. The summed E-state index contributed by atoms with van der Waals surface area (Å²) in [6.45, 7) is 0.555. The lowest BCUT2D eigenvalue weighted by Gasteiger charge is -2.12. The third-order valence-electron chi connectivity index (χ3n) is 2.15. The summed E-state index contributed by atoms with van der Waals surface area (Å²) in [7, 11) is 1.61. The van der Waals surface area contributed by atoms with E-state index in [1.807, 2.05) is 24.3 Å². The van der Waals surface area contributed by atoms with E-state index >= 15 is 0 Å². The molecule has 0 saturated carbocycles. The van der Waals surface area contributed by atoms with E-state index in [0.29, 0.717) is 12.2 Å². The average Bonchev–Trinajstić information content (AvgIpc) is 2.30. The Hall–Kier alpha value is -1.97. The van der Waals surface area contributed by atoms with Gasteiger partial charge in [0, 0.05) is 11.8 Å². The van der Waals surface area contributed by atoms with Crippen LogP contribution in [0.25, 0.3) is 5.70 Å². The number of hydrogen-bond acceptors (Lipinski definition) is 4. The smallest absolute Gasteiger partial charge is 0.211 e. The zero-order valence-corrected chi connectivity index (χ0v) is 8.40. The van der Waals surface area contributed by atoms with E-state index in [0.717, 1.165) is 11.3 Å². The summed E-state index contributed by atoms with van der Waals surface area (Å²) in [4.78, 5) is 4.14. The normalized spacial score (nSPS) is 15.0. The fourth-order valence-corrected chi connectivity index (χ4v) is 1.41. The molecule has 2 N–H and O–H groups in total. The summed E-state index contributed by atoms with van der Waals surface area (Å²) in [5.74, 6) is 0.847. The Kier molecular flexibility index (Phi) is 2.58. The average molecular weight is 204 g/mol. The molecule has 78 valence electrons. The van der Waals surface area contributed by atoms with Crippen LogP contribution in [0.3, 0.4) is 0 Å². The first-order chi connectivity index (χ1) is 7.31. The summed E-state index contributed by atoms with van der Waals surface area (Å²) < 4.78 is 5.10. The molecule has 1 aromatic rings. The van der Waals surface area contributed by atoms with E-state index in [4.69, 9.17) is 4.74 Å². The van der Waals surface area contributed by atoms with Gasteiger partial charge in [0.1, 0.15) is 11.4 Å². The first-order valence-electron chi connectivity index (χ1n) is 4.65. The molecule has 0 fully saturated rings. The number of ether oxygens (including phenoxy) is 1. The number of rotatable bonds is 2. The van der Waals surface area contributed by atoms with Gasteiger partial charge in [-0.05, 0) is 12.1 Å². The Bertz CT molecular complexity index is 424. The third kappa shape index (κ3) is 1.93. The van der Waals surface area contributed by atoms with E-state index in [9.17, 15) is 5.11 Å². The van der Waals surface area contributed by atoms with E-state index in [-0.39, 0.29) is 5.88 Å². The van der Waals surface area contributed by atoms with Gasteiger partial charge in [-0.1, -0.05) is 12.1 Å². The minimum atomic E-state index is 0.103. The van der Waals surface area contributed by atoms with Gasteiger partial charge in [-0.25, -0.2) is 0 Å². The van der Waals surface area contributed by atoms with Crippen molar-refractivity contribution in [1.82, 2.24) is 5.32 Å². The molecular weight excluding hydrogens is 192 g/mol. The van der Waals surface area contributed by atoms with Crippen LogP contribution < -0.4 is 10.1 Å². The lowest BCUT2D eigenvalue weighted by Crippen LogP contribution is -2.20. The highest BCUT2D eigenvalue weighted by atomic mass is 16.5. The number of aliphatic imine (C=N–C) groups is 1. The van der Waals surface area contributed by atoms with Gasteiger partial charge in [0.15, 0.2) is 0 Å². The number of nitrogens with zero attached hydrogens (tertiary/aromatic N) is 1. The van der Waals surface area contributed by atoms with E-state index in [1.165, 1.54) is 0 Å². The van der Waals surface area contributed by atoms with E-state index < -0.39 is 0 Å². The highest BCUT2D eigenvalue weighted by Gasteiger charge is 2.10. The number of hydrogen-bond donors (Lipinski definition) is 2. The molecule has 1 aliphatic rings. The standard InChI is InChI=1S/C11H12N2O2/c1-15-9-4-2-3-8(7-9)10-11(14)13-6-5-12-10/h2-5,7,13-14H,6H2,1H3. The van der Waals surface area contributed by atoms with Gasteiger partial charge in [-0.2, -0.15) is 0 Å². The Morgan fingerprint density at radius 1 is 1.47 bits per heavy atom. The Morgan fingerprint density at radius 3 is 3.07 bits per heavy atom. The Labute approximate surface area is 87.9 Å². The topological polar surface area (TPSA) is 53.9 Å². The Balaban J connectivity index is 2.40. The number of nitrogens with one attached hydrogen (secondary N) is 1. The number of benzene rings is 1. The van der Waals surface area contributed by atoms with Crippen molar-refractivity contribution in [3.8, 4) is 5.75 Å². The molecule has 4 nitrogen and oxygen atoms in total. The van der Waals surface area contributed by atoms with Crippen molar-refractivity contribution < 1.29 is 9.84 Å². The molecule has 0 aliphatic carbocycles. The minimum Gasteiger partial charge on any atom is -0.497 e. The first kappa shape index (κ1) is 9.58. The van der Waals surface area contributed by atoms with Gasteiger partial charge in [-0.15, -0.1) is 0 Å². The molecule has 1 aliphatic heterocycles. The van der Waals surface area contributed by atoms with Crippen molar-refractivity contribution in [2.24, 2.45) is 4.99 Å². The van der Waals surface area contributed by atoms with Crippen LogP contribution in [0.5, 0.6) is 5.75 Å². The Morgan fingerprint density at radius 2 is 2.33 bits per heavy atom. The summed E-state index contributed by atoms with van der Waals surface area (Å²) in [6.07, 6.45) is 1.72. The molecule has 0 bridgehead atoms. The van der Waals surface area contributed by atoms with Crippen molar-refractivity contribution in [2.75, 3.05) is 13.7 Å². The largest absolute Gasteiger partial charge is 0.497 e. The molecule has 0 amide bonds. The maximum atomic E-state index is 9.60. The molecule has 15 heavy (non-hydrogen) atoms. The predicted octanol–water partition coefficient (Wildman–Crippen LogP) is 1.55. The van der Waals surface area contributed by atoms with Gasteiger partial charge in [0.05, 0.1) is 13.7 Å². The lowest BCUT2D eigenvalue weighted by atomic mass is 10.1. The van der Waals surface area contributed by atoms with Gasteiger partial charge in [-0.3, -0.25) is 4.99 Å². The fraction of sp³-hybridized carbons (Fsp3) is 0.182. The predicted molar refractivity (Wildman–Crippen MR) is 59.0 cm³/mol. The molecule has 0 aromatic heterocycles. The summed E-state index contributed by atoms with van der Waals surface area (Å²) in [6, 6.07) is 7.41. The van der Waals surface area contributed by atoms with Crippen molar-refractivity contribution in [3.63, 3.8) is 0 Å². The first-order valence-corrected chi connectivity index (χ1v) is 4.65. The maximum Gasteiger partial charge on any atom is 0.211 e. The molecule has 1 heterocycles. The summed E-state index contributed by atoms with van der Waals surface area (Å²) >= 11 is 0. The molecule has 0 atom stereocenters. The highest BCUT2D eigenvalue weighted by molar-refractivity contribution is 5.78. The second-order valence-electron chi connectivity index (χ2n) is 3.12. The van der Waals surface area contributed by atoms with Crippen LogP contribution in [-0.4, -0.2) is 25.0 Å². The second-order valence-corrected chi connectivity index (χ2v) is 3.12. The van der Waals surface area contributed by atoms with Crippen molar-refractivity contribution in [3.05, 3.63) is 35.7 Å². The van der Waals surface area contributed by atoms with Gasteiger partial charge < -0.3 is 15.2 Å². The molecule has 2 rings (SSSR count). The number of aliphatic hydroxyl groups is 1. The van der Waals surface area contributed by atoms with Crippen LogP contribution >= 0.6 is 0 Å². The van der Waals surface area contributed by atoms with E-state index in [2.05, 4.69) is 10.3 Å². The van der Waals surface area contributed by atoms with Gasteiger partial charge >= 0.3 is 0 Å². The van der Waals surface area contributed by atoms with Gasteiger partial charge in [0.2, 0.25) is 5.88 Å². The van der Waals surface area contributed by atoms with Crippen LogP contribution in [-0.2, 0) is 0 Å². The quantitative estimate of drug-likeness (QED) is 0.768. The van der Waals surface area contributed by atoms with Crippen LogP contribution in [0.4, 0.5) is 0 Å².